The second kappa shape index (κ2) is 34.6. The van der Waals surface area contributed by atoms with Gasteiger partial charge in [-0.25, -0.2) is 0 Å². The van der Waals surface area contributed by atoms with Crippen molar-refractivity contribution < 1.29 is 51.9 Å². The molecule has 3 aromatic rings. The second-order valence-electron chi connectivity index (χ2n) is 29.1. The molecule has 89 heavy (non-hydrogen) atoms. The zero-order chi connectivity index (χ0) is 65.5. The average Bonchev–Trinajstić information content (AvgIpc) is 2.34. The van der Waals surface area contributed by atoms with Gasteiger partial charge in [0.15, 0.2) is 16.6 Å². The molecule has 0 amide bonds. The second-order valence-corrected chi connectivity index (χ2v) is 39.9. The predicted octanol–water partition coefficient (Wildman–Crippen LogP) is 18.0. The molecule has 16 atom stereocenters. The van der Waals surface area contributed by atoms with E-state index in [2.05, 4.69) is 213 Å². The first kappa shape index (κ1) is 76.0. The van der Waals surface area contributed by atoms with E-state index in [1.807, 2.05) is 19.2 Å². The Hall–Kier alpha value is -2.07. The molecule has 1 N–H and O–H groups in total. The van der Waals surface area contributed by atoms with Crippen molar-refractivity contribution in [2.24, 2.45) is 23.7 Å². The fourth-order valence-corrected chi connectivity index (χ4v) is 17.9. The van der Waals surface area contributed by atoms with E-state index in [1.54, 1.807) is 14.2 Å². The molecule has 502 valence electrons. The maximum absolute atomic E-state index is 9.25. The van der Waals surface area contributed by atoms with E-state index in [1.165, 1.54) is 11.1 Å². The maximum atomic E-state index is 9.25. The minimum atomic E-state index is -1.93. The normalized spacial score (nSPS) is 28.8. The lowest BCUT2D eigenvalue weighted by molar-refractivity contribution is -0.0771. The zero-order valence-corrected chi connectivity index (χ0v) is 63.0. The lowest BCUT2D eigenvalue weighted by Gasteiger charge is -2.40. The smallest absolute Gasteiger partial charge is 0.192 e. The highest BCUT2D eigenvalue weighted by atomic mass is 79.9. The molecule has 0 bridgehead atoms. The van der Waals surface area contributed by atoms with Crippen LogP contribution in [0, 0.1) is 23.7 Å². The minimum Gasteiger partial charge on any atom is -0.497 e. The molecule has 7 rings (SSSR count). The van der Waals surface area contributed by atoms with Gasteiger partial charge in [0, 0.05) is 87.8 Å². The highest BCUT2D eigenvalue weighted by Crippen LogP contribution is 2.46. The summed E-state index contributed by atoms with van der Waals surface area (Å²) in [6, 6.07) is 29.4. The standard InChI is InChI=1S/C47H67BrO6Si.C27H51BrO5Si/c1-11-38(54-55(9,10)46(4,5)6)30-44-45(50-8)41(32-48)43(53-44)31-42-34(3)33(2)29-40(52-42)23-18-28-51-47(35-19-14-12-15-20-35,36-21-16-13-17-22-36)37-24-26-39(49-7)27-25-37;1-10-20(33-34(8,9)27(4,5)6)15-25-26(30-7)22(17-28)24(32-25)16-23-19(3)18(2)14-21(31-23)12-11-13-29/h12-17,19-22,24-27,33,38,40-45H,3,11,18,23,28-32H2,1-2,4-10H3;18,20-26,29H,3,10-17H2,1-2,4-9H3/t33-,38-,40+,41+,42?,43?,44-,45-;18-,20-,21+,22+,23?,24?,25-,26-/m11/s1. The van der Waals surface area contributed by atoms with Gasteiger partial charge < -0.3 is 51.9 Å². The summed E-state index contributed by atoms with van der Waals surface area (Å²) in [6.07, 6.45) is 11.1. The lowest BCUT2D eigenvalue weighted by atomic mass is 9.80. The summed E-state index contributed by atoms with van der Waals surface area (Å²) in [5.41, 5.74) is 4.80. The van der Waals surface area contributed by atoms with Crippen molar-refractivity contribution in [3.8, 4) is 5.75 Å². The van der Waals surface area contributed by atoms with Gasteiger partial charge in [0.2, 0.25) is 0 Å². The summed E-state index contributed by atoms with van der Waals surface area (Å²) in [5.74, 6) is 2.06. The van der Waals surface area contributed by atoms with Crippen LogP contribution in [-0.2, 0) is 47.6 Å². The molecule has 0 saturated carbocycles. The minimum absolute atomic E-state index is 0.00223. The summed E-state index contributed by atoms with van der Waals surface area (Å²) >= 11 is 7.58. The van der Waals surface area contributed by atoms with Crippen LogP contribution in [0.3, 0.4) is 0 Å². The Balaban J connectivity index is 0.000000318. The number of hydrogen-bond donors (Lipinski definition) is 1. The summed E-state index contributed by atoms with van der Waals surface area (Å²) < 4.78 is 65.6. The summed E-state index contributed by atoms with van der Waals surface area (Å²) in [4.78, 5) is 0. The van der Waals surface area contributed by atoms with Crippen LogP contribution in [0.2, 0.25) is 36.3 Å². The molecule has 0 spiro atoms. The van der Waals surface area contributed by atoms with E-state index in [-0.39, 0.29) is 102 Å². The van der Waals surface area contributed by atoms with E-state index in [0.29, 0.717) is 18.4 Å². The van der Waals surface area contributed by atoms with Crippen LogP contribution >= 0.6 is 31.9 Å². The molecule has 3 aromatic carbocycles. The summed E-state index contributed by atoms with van der Waals surface area (Å²) in [7, 11) is 1.54. The molecule has 4 aliphatic rings. The molecular formula is C74H118Br2O11Si2. The molecule has 0 aliphatic carbocycles. The number of rotatable bonds is 30. The zero-order valence-electron chi connectivity index (χ0n) is 57.8. The third-order valence-corrected chi connectivity index (χ3v) is 31.6. The van der Waals surface area contributed by atoms with Gasteiger partial charge in [-0.3, -0.25) is 0 Å². The lowest BCUT2D eigenvalue weighted by Crippen LogP contribution is -2.45. The largest absolute Gasteiger partial charge is 0.497 e. The Bertz CT molecular complexity index is 2520. The summed E-state index contributed by atoms with van der Waals surface area (Å²) in [5, 5.41) is 11.2. The van der Waals surface area contributed by atoms with Crippen molar-refractivity contribution in [2.45, 2.75) is 261 Å². The monoisotopic (exact) mass is 1400 g/mol. The van der Waals surface area contributed by atoms with Gasteiger partial charge >= 0.3 is 0 Å². The van der Waals surface area contributed by atoms with E-state index < -0.39 is 22.2 Å². The number of ether oxygens (including phenoxy) is 8. The molecule has 4 heterocycles. The first-order chi connectivity index (χ1) is 42.1. The van der Waals surface area contributed by atoms with Crippen molar-refractivity contribution >= 4 is 48.5 Å². The maximum Gasteiger partial charge on any atom is 0.192 e. The number of hydrogen-bond acceptors (Lipinski definition) is 11. The van der Waals surface area contributed by atoms with Crippen molar-refractivity contribution in [3.63, 3.8) is 0 Å². The SMILES string of the molecule is C=C1C(CC2O[C@H](C[C@@H](CC)O[Si](C)(C)C(C)(C)C)[C@H](OC)[C@H]2CBr)O[C@@H](CCCO)C[C@H]1C.C=C1C(CC2O[C@H](C[C@@H](CC)O[Si](C)(C)C(C)(C)C)[C@H](OC)[C@H]2CBr)O[C@@H](CCCOC(c2ccccc2)(c2ccccc2)c2ccc(OC)cc2)C[C@H]1C. The molecule has 11 nitrogen and oxygen atoms in total. The van der Waals surface area contributed by atoms with Gasteiger partial charge in [-0.15, -0.1) is 0 Å². The van der Waals surface area contributed by atoms with Crippen LogP contribution in [-0.4, -0.2) is 140 Å². The molecule has 4 aliphatic heterocycles. The van der Waals surface area contributed by atoms with Gasteiger partial charge in [0.05, 0.1) is 68.1 Å². The van der Waals surface area contributed by atoms with Crippen LogP contribution in [0.1, 0.15) is 163 Å². The van der Waals surface area contributed by atoms with Crippen LogP contribution in [0.25, 0.3) is 0 Å². The quantitative estimate of drug-likeness (QED) is 0.0226. The van der Waals surface area contributed by atoms with Crippen molar-refractivity contribution in [2.75, 3.05) is 45.2 Å². The van der Waals surface area contributed by atoms with E-state index in [9.17, 15) is 5.11 Å². The predicted molar refractivity (Wildman–Crippen MR) is 377 cm³/mol. The van der Waals surface area contributed by atoms with Gasteiger partial charge in [-0.1, -0.05) is 187 Å². The Kier molecular flexibility index (Phi) is 29.5. The van der Waals surface area contributed by atoms with Crippen LogP contribution in [0.15, 0.2) is 109 Å². The number of aliphatic hydroxyl groups is 1. The van der Waals surface area contributed by atoms with Gasteiger partial charge in [-0.2, -0.15) is 0 Å². The summed E-state index contributed by atoms with van der Waals surface area (Å²) in [6.45, 7) is 41.8. The number of aliphatic hydroxyl groups excluding tert-OH is 1. The van der Waals surface area contributed by atoms with Crippen molar-refractivity contribution in [1.29, 1.82) is 0 Å². The average molecular weight is 1400 g/mol. The van der Waals surface area contributed by atoms with Gasteiger partial charge in [0.25, 0.3) is 0 Å². The Morgan fingerprint density at radius 2 is 0.966 bits per heavy atom. The topological polar surface area (TPSA) is 113 Å². The fourth-order valence-electron chi connectivity index (χ4n) is 13.4. The molecule has 0 radical (unpaired) electrons. The number of halogens is 2. The highest BCUT2D eigenvalue weighted by molar-refractivity contribution is 9.09. The number of alkyl halides is 2. The molecule has 4 fully saturated rings. The van der Waals surface area contributed by atoms with E-state index in [0.717, 1.165) is 110 Å². The Morgan fingerprint density at radius 1 is 0.573 bits per heavy atom. The number of methoxy groups -OCH3 is 3. The molecule has 4 saturated heterocycles. The third-order valence-electron chi connectivity index (χ3n) is 21.0. The first-order valence-corrected chi connectivity index (χ1v) is 41.7. The molecular weight excluding hydrogens is 1280 g/mol. The first-order valence-electron chi connectivity index (χ1n) is 33.7. The van der Waals surface area contributed by atoms with Crippen LogP contribution in [0.5, 0.6) is 5.75 Å². The van der Waals surface area contributed by atoms with Crippen LogP contribution in [0.4, 0.5) is 0 Å². The van der Waals surface area contributed by atoms with Gasteiger partial charge in [-0.05, 0) is 139 Å². The van der Waals surface area contributed by atoms with E-state index >= 15 is 0 Å². The Labute approximate surface area is 558 Å². The van der Waals surface area contributed by atoms with Gasteiger partial charge in [0.1, 0.15) is 11.4 Å². The van der Waals surface area contributed by atoms with Crippen molar-refractivity contribution in [1.82, 2.24) is 0 Å². The molecule has 15 heteroatoms. The Morgan fingerprint density at radius 3 is 1.31 bits per heavy atom. The van der Waals surface area contributed by atoms with Crippen LogP contribution < -0.4 is 4.74 Å². The third kappa shape index (κ3) is 19.6. The van der Waals surface area contributed by atoms with Crippen molar-refractivity contribution in [3.05, 3.63) is 126 Å². The van der Waals surface area contributed by atoms with E-state index in [4.69, 9.17) is 46.7 Å². The molecule has 0 aromatic heterocycles. The molecule has 4 unspecified atom stereocenters. The highest BCUT2D eigenvalue weighted by Gasteiger charge is 2.50. The number of benzene rings is 3. The fraction of sp³-hybridized carbons (Fsp3) is 0.703.